The van der Waals surface area contributed by atoms with E-state index in [0.717, 1.165) is 54.8 Å². The lowest BCUT2D eigenvalue weighted by molar-refractivity contribution is -0.125. The van der Waals surface area contributed by atoms with Crippen molar-refractivity contribution < 1.29 is 9.59 Å². The Bertz CT molecular complexity index is 726. The normalized spacial score (nSPS) is 17.4. The molecule has 2 saturated heterocycles. The van der Waals surface area contributed by atoms with Gasteiger partial charge >= 0.3 is 6.03 Å². The number of carbonyl (C=O) groups excluding carboxylic acids is 2. The molecule has 0 unspecified atom stereocenters. The first-order chi connectivity index (χ1) is 16.9. The third-order valence-corrected chi connectivity index (χ3v) is 10.3. The molecule has 6 nitrogen and oxygen atoms in total. The van der Waals surface area contributed by atoms with Crippen LogP contribution in [0.3, 0.4) is 0 Å². The molecule has 0 N–H and O–H groups in total. The molecule has 36 heavy (non-hydrogen) atoms. The molecule has 2 heterocycles. The summed E-state index contributed by atoms with van der Waals surface area (Å²) in [7, 11) is 0. The Morgan fingerprint density at radius 1 is 0.722 bits per heavy atom. The number of rotatable bonds is 17. The lowest BCUT2D eigenvalue weighted by Gasteiger charge is -2.28. The van der Waals surface area contributed by atoms with E-state index in [1.165, 1.54) is 28.6 Å². The van der Waals surface area contributed by atoms with Crippen molar-refractivity contribution in [3.8, 4) is 0 Å². The molecule has 2 fully saturated rings. The number of imide groups is 1. The van der Waals surface area contributed by atoms with E-state index < -0.39 is 0 Å². The van der Waals surface area contributed by atoms with E-state index in [2.05, 4.69) is 56.2 Å². The van der Waals surface area contributed by atoms with Crippen LogP contribution in [-0.4, -0.2) is 104 Å². The highest BCUT2D eigenvalue weighted by atomic mass is 32.2. The largest absolute Gasteiger partial charge is 0.342 e. The Balaban J connectivity index is 1.54. The molecule has 10 heteroatoms. The molecular formula is C26H46N4O2S4. The molecule has 3 amide bonds. The van der Waals surface area contributed by atoms with E-state index >= 15 is 0 Å². The van der Waals surface area contributed by atoms with Crippen molar-refractivity contribution in [2.24, 2.45) is 10.8 Å². The summed E-state index contributed by atoms with van der Waals surface area (Å²) in [6.45, 7) is 17.2. The molecule has 2 aliphatic rings. The minimum absolute atomic E-state index is 0.0571. The third-order valence-electron chi connectivity index (χ3n) is 7.26. The minimum atomic E-state index is -0.126. The first-order valence-electron chi connectivity index (χ1n) is 13.2. The summed E-state index contributed by atoms with van der Waals surface area (Å²) in [5, 5.41) is 0.897. The lowest BCUT2D eigenvalue weighted by Crippen LogP contribution is -2.35. The fraction of sp³-hybridized carbons (Fsp3) is 0.846. The van der Waals surface area contributed by atoms with Gasteiger partial charge in [0.2, 0.25) is 5.91 Å². The van der Waals surface area contributed by atoms with E-state index in [1.807, 2.05) is 18.7 Å². The Morgan fingerprint density at radius 3 is 1.67 bits per heavy atom. The van der Waals surface area contributed by atoms with Gasteiger partial charge in [-0.1, -0.05) is 39.9 Å². The van der Waals surface area contributed by atoms with Crippen LogP contribution in [-0.2, 0) is 4.79 Å². The summed E-state index contributed by atoms with van der Waals surface area (Å²) in [5.74, 6) is 4.59. The number of thioether (sulfide) groups is 2. The average molecular weight is 575 g/mol. The first kappa shape index (κ1) is 31.6. The number of thiocarbonyl (C=S) groups is 2. The molecule has 0 aromatic heterocycles. The predicted octanol–water partition coefficient (Wildman–Crippen LogP) is 5.60. The van der Waals surface area contributed by atoms with Crippen LogP contribution in [0.1, 0.15) is 67.2 Å². The average Bonchev–Trinajstić information content (AvgIpc) is 3.25. The summed E-state index contributed by atoms with van der Waals surface area (Å²) in [5.41, 5.74) is 0.403. The Morgan fingerprint density at radius 2 is 1.22 bits per heavy atom. The molecule has 0 radical (unpaired) electrons. The highest BCUT2D eigenvalue weighted by molar-refractivity contribution is 8.02. The summed E-state index contributed by atoms with van der Waals surface area (Å²) < 4.78 is 0. The lowest BCUT2D eigenvalue weighted by atomic mass is 9.86. The molecule has 0 bridgehead atoms. The van der Waals surface area contributed by atoms with E-state index in [9.17, 15) is 9.59 Å². The Kier molecular flexibility index (Phi) is 12.8. The van der Waals surface area contributed by atoms with Crippen molar-refractivity contribution in [1.29, 1.82) is 0 Å². The van der Waals surface area contributed by atoms with Gasteiger partial charge in [0.25, 0.3) is 0 Å². The fourth-order valence-corrected chi connectivity index (χ4v) is 7.75. The van der Waals surface area contributed by atoms with Gasteiger partial charge in [0, 0.05) is 37.7 Å². The van der Waals surface area contributed by atoms with Crippen LogP contribution < -0.4 is 0 Å². The third kappa shape index (κ3) is 9.62. The summed E-state index contributed by atoms with van der Waals surface area (Å²) >= 11 is 15.2. The summed E-state index contributed by atoms with van der Waals surface area (Å²) in [6.07, 6.45) is 4.25. The maximum atomic E-state index is 12.3. The molecule has 206 valence electrons. The van der Waals surface area contributed by atoms with Gasteiger partial charge in [0.05, 0.1) is 6.54 Å². The van der Waals surface area contributed by atoms with E-state index in [0.29, 0.717) is 13.1 Å². The van der Waals surface area contributed by atoms with Gasteiger partial charge in [-0.2, -0.15) is 23.5 Å². The van der Waals surface area contributed by atoms with Crippen molar-refractivity contribution in [2.75, 3.05) is 62.3 Å². The van der Waals surface area contributed by atoms with Gasteiger partial charge in [-0.15, -0.1) is 0 Å². The van der Waals surface area contributed by atoms with Crippen LogP contribution in [0.4, 0.5) is 4.79 Å². The fourth-order valence-electron chi connectivity index (χ4n) is 4.22. The van der Waals surface area contributed by atoms with Crippen molar-refractivity contribution in [2.45, 2.75) is 67.2 Å². The molecule has 0 saturated carbocycles. The number of likely N-dealkylation sites (N-methyl/N-ethyl adjacent to an activating group) is 2. The number of carbonyl (C=O) groups is 2. The molecular weight excluding hydrogens is 529 g/mol. The van der Waals surface area contributed by atoms with Crippen LogP contribution in [0.5, 0.6) is 0 Å². The van der Waals surface area contributed by atoms with Gasteiger partial charge in [0.15, 0.2) is 5.11 Å². The second-order valence-electron chi connectivity index (χ2n) is 11.2. The zero-order chi connectivity index (χ0) is 26.9. The number of amides is 3. The number of hydrogen-bond acceptors (Lipinski definition) is 6. The number of nitrogens with zero attached hydrogens (tertiary/aromatic N) is 4. The Labute approximate surface area is 238 Å². The van der Waals surface area contributed by atoms with Crippen LogP contribution in [0.2, 0.25) is 0 Å². The van der Waals surface area contributed by atoms with Gasteiger partial charge in [0.1, 0.15) is 11.5 Å². The molecule has 0 aromatic carbocycles. The SMILES string of the molecule is CCN1CC(=O)N(CCC(C)(C)CCSCCSCCC(C)(C)CCN2C(=S)CN(CC)C2=S)C1=O. The second kappa shape index (κ2) is 14.5. The first-order valence-corrected chi connectivity index (χ1v) is 16.4. The van der Waals surface area contributed by atoms with Crippen molar-refractivity contribution in [3.05, 3.63) is 0 Å². The topological polar surface area (TPSA) is 47.1 Å². The molecule has 0 aliphatic carbocycles. The Hall–Kier alpha value is -0.580. The van der Waals surface area contributed by atoms with E-state index in [4.69, 9.17) is 24.4 Å². The van der Waals surface area contributed by atoms with Gasteiger partial charge in [-0.3, -0.25) is 9.69 Å². The van der Waals surface area contributed by atoms with Crippen LogP contribution in [0.15, 0.2) is 0 Å². The van der Waals surface area contributed by atoms with Gasteiger partial charge in [-0.25, -0.2) is 4.79 Å². The van der Waals surface area contributed by atoms with Crippen molar-refractivity contribution in [1.82, 2.24) is 19.6 Å². The minimum Gasteiger partial charge on any atom is -0.342 e. The summed E-state index contributed by atoms with van der Waals surface area (Å²) in [6, 6.07) is -0.126. The maximum Gasteiger partial charge on any atom is 0.327 e. The number of urea groups is 1. The quantitative estimate of drug-likeness (QED) is 0.126. The van der Waals surface area contributed by atoms with E-state index in [-0.39, 0.29) is 29.3 Å². The van der Waals surface area contributed by atoms with Crippen LogP contribution in [0, 0.1) is 10.8 Å². The smallest absolute Gasteiger partial charge is 0.327 e. The van der Waals surface area contributed by atoms with Crippen LogP contribution in [0.25, 0.3) is 0 Å². The van der Waals surface area contributed by atoms with Gasteiger partial charge < -0.3 is 14.7 Å². The highest BCUT2D eigenvalue weighted by Gasteiger charge is 2.35. The standard InChI is InChI=1S/C26H46N4O2S4/c1-7-27-19-21(31)29(23(27)32)13-9-25(3,4)11-15-35-17-18-36-16-12-26(5,6)10-14-30-22(33)20-28(8-2)24(30)34/h7-20H2,1-6H3. The van der Waals surface area contributed by atoms with Crippen molar-refractivity contribution >= 4 is 70.0 Å². The molecule has 0 atom stereocenters. The molecule has 0 aromatic rings. The predicted molar refractivity (Wildman–Crippen MR) is 164 cm³/mol. The molecule has 0 spiro atoms. The zero-order valence-electron chi connectivity index (χ0n) is 23.1. The maximum absolute atomic E-state index is 12.3. The van der Waals surface area contributed by atoms with Crippen LogP contribution >= 0.6 is 48.0 Å². The monoisotopic (exact) mass is 574 g/mol. The summed E-state index contributed by atoms with van der Waals surface area (Å²) in [4.78, 5) is 32.7. The van der Waals surface area contributed by atoms with Gasteiger partial charge in [-0.05, 0) is 74.1 Å². The highest BCUT2D eigenvalue weighted by Crippen LogP contribution is 2.30. The molecule has 2 rings (SSSR count). The second-order valence-corrected chi connectivity index (χ2v) is 14.5. The van der Waals surface area contributed by atoms with Crippen molar-refractivity contribution in [3.63, 3.8) is 0 Å². The molecule has 2 aliphatic heterocycles. The zero-order valence-corrected chi connectivity index (χ0v) is 26.4. The number of hydrogen-bond donors (Lipinski definition) is 0. The van der Waals surface area contributed by atoms with E-state index in [1.54, 1.807) is 4.90 Å².